The van der Waals surface area contributed by atoms with Gasteiger partial charge in [-0.1, -0.05) is 29.3 Å². The first-order chi connectivity index (χ1) is 11.5. The first-order valence-corrected chi connectivity index (χ1v) is 7.72. The number of carbonyl (C=O) groups is 1. The highest BCUT2D eigenvalue weighted by atomic mass is 35.5. The Kier molecular flexibility index (Phi) is 4.42. The highest BCUT2D eigenvalue weighted by Crippen LogP contribution is 2.33. The van der Waals surface area contributed by atoms with Crippen molar-refractivity contribution in [2.75, 3.05) is 11.1 Å². The maximum Gasteiger partial charge on any atom is 0.275 e. The SMILES string of the molecule is Cn1nccc1C(=O)Nc1ccc(-c2ccc(Cl)cc2Cl)c(N)n1. The van der Waals surface area contributed by atoms with Gasteiger partial charge < -0.3 is 11.1 Å². The number of nitrogens with two attached hydrogens (primary N) is 1. The molecule has 3 aromatic rings. The molecule has 122 valence electrons. The van der Waals surface area contributed by atoms with E-state index in [0.29, 0.717) is 27.1 Å². The number of anilines is 2. The van der Waals surface area contributed by atoms with E-state index in [-0.39, 0.29) is 11.7 Å². The molecule has 0 unspecified atom stereocenters. The summed E-state index contributed by atoms with van der Waals surface area (Å²) in [6.45, 7) is 0. The predicted octanol–water partition coefficient (Wildman–Crippen LogP) is 3.62. The van der Waals surface area contributed by atoms with Crippen LogP contribution in [0.4, 0.5) is 11.6 Å². The molecule has 0 fully saturated rings. The monoisotopic (exact) mass is 361 g/mol. The van der Waals surface area contributed by atoms with Crippen LogP contribution in [0.1, 0.15) is 10.5 Å². The van der Waals surface area contributed by atoms with Gasteiger partial charge in [0.2, 0.25) is 0 Å². The Labute approximate surface area is 148 Å². The van der Waals surface area contributed by atoms with Crippen molar-refractivity contribution in [3.05, 3.63) is 58.3 Å². The highest BCUT2D eigenvalue weighted by Gasteiger charge is 2.13. The molecule has 0 spiro atoms. The molecule has 6 nitrogen and oxygen atoms in total. The standard InChI is InChI=1S/C16H13Cl2N5O/c1-23-13(6-7-20-23)16(24)22-14-5-4-11(15(19)21-14)10-3-2-9(17)8-12(10)18/h2-8H,1H3,(H3,19,21,22,24). The number of aryl methyl sites for hydroxylation is 1. The van der Waals surface area contributed by atoms with Crippen molar-refractivity contribution in [3.8, 4) is 11.1 Å². The molecule has 24 heavy (non-hydrogen) atoms. The second-order valence-corrected chi connectivity index (χ2v) is 5.89. The van der Waals surface area contributed by atoms with Gasteiger partial charge in [-0.15, -0.1) is 0 Å². The van der Waals surface area contributed by atoms with E-state index in [1.165, 1.54) is 4.68 Å². The maximum absolute atomic E-state index is 12.2. The smallest absolute Gasteiger partial charge is 0.275 e. The van der Waals surface area contributed by atoms with E-state index in [0.717, 1.165) is 5.56 Å². The van der Waals surface area contributed by atoms with Crippen molar-refractivity contribution < 1.29 is 4.79 Å². The Morgan fingerprint density at radius 1 is 1.17 bits per heavy atom. The topological polar surface area (TPSA) is 85.8 Å². The number of nitrogen functional groups attached to an aromatic ring is 1. The van der Waals surface area contributed by atoms with Gasteiger partial charge in [0.05, 0.1) is 5.02 Å². The molecule has 1 amide bonds. The Bertz CT molecular complexity index is 923. The van der Waals surface area contributed by atoms with E-state index < -0.39 is 0 Å². The molecule has 0 aliphatic carbocycles. The van der Waals surface area contributed by atoms with E-state index in [9.17, 15) is 4.79 Å². The summed E-state index contributed by atoms with van der Waals surface area (Å²) in [7, 11) is 1.68. The molecular formula is C16H13Cl2N5O. The number of pyridine rings is 1. The summed E-state index contributed by atoms with van der Waals surface area (Å²) in [5.74, 6) is 0.272. The molecular weight excluding hydrogens is 349 g/mol. The average molecular weight is 362 g/mol. The number of halogens is 2. The third-order valence-corrected chi connectivity index (χ3v) is 3.99. The molecule has 0 aliphatic heterocycles. The van der Waals surface area contributed by atoms with Gasteiger partial charge in [0.15, 0.2) is 0 Å². The summed E-state index contributed by atoms with van der Waals surface area (Å²) < 4.78 is 1.47. The fourth-order valence-electron chi connectivity index (χ4n) is 2.26. The average Bonchev–Trinajstić information content (AvgIpc) is 2.95. The van der Waals surface area contributed by atoms with Crippen LogP contribution in [0.3, 0.4) is 0 Å². The minimum absolute atomic E-state index is 0.252. The predicted molar refractivity (Wildman–Crippen MR) is 95.3 cm³/mol. The van der Waals surface area contributed by atoms with Gasteiger partial charge in [0.25, 0.3) is 5.91 Å². The normalized spacial score (nSPS) is 10.6. The van der Waals surface area contributed by atoms with Gasteiger partial charge in [0, 0.05) is 29.4 Å². The summed E-state index contributed by atoms with van der Waals surface area (Å²) in [5.41, 5.74) is 7.81. The van der Waals surface area contributed by atoms with Gasteiger partial charge in [-0.2, -0.15) is 5.10 Å². The molecule has 2 heterocycles. The summed E-state index contributed by atoms with van der Waals surface area (Å²) in [5, 5.41) is 7.65. The van der Waals surface area contributed by atoms with Crippen LogP contribution in [0.15, 0.2) is 42.6 Å². The second-order valence-electron chi connectivity index (χ2n) is 5.05. The van der Waals surface area contributed by atoms with Crippen molar-refractivity contribution in [3.63, 3.8) is 0 Å². The molecule has 0 bridgehead atoms. The van der Waals surface area contributed by atoms with Crippen molar-refractivity contribution in [1.82, 2.24) is 14.8 Å². The van der Waals surface area contributed by atoms with Crippen LogP contribution in [0.5, 0.6) is 0 Å². The van der Waals surface area contributed by atoms with Crippen molar-refractivity contribution in [2.45, 2.75) is 0 Å². The minimum Gasteiger partial charge on any atom is -0.383 e. The largest absolute Gasteiger partial charge is 0.383 e. The number of aromatic nitrogens is 3. The Morgan fingerprint density at radius 3 is 2.54 bits per heavy atom. The third kappa shape index (κ3) is 3.20. The first kappa shape index (κ1) is 16.3. The van der Waals surface area contributed by atoms with E-state index >= 15 is 0 Å². The van der Waals surface area contributed by atoms with Crippen LogP contribution in [-0.2, 0) is 7.05 Å². The van der Waals surface area contributed by atoms with Crippen LogP contribution >= 0.6 is 23.2 Å². The zero-order valence-corrected chi connectivity index (χ0v) is 14.1. The summed E-state index contributed by atoms with van der Waals surface area (Å²) >= 11 is 12.1. The molecule has 8 heteroatoms. The lowest BCUT2D eigenvalue weighted by Gasteiger charge is -2.10. The van der Waals surface area contributed by atoms with Crippen LogP contribution in [0, 0.1) is 0 Å². The molecule has 3 rings (SSSR count). The Balaban J connectivity index is 1.87. The van der Waals surface area contributed by atoms with Crippen LogP contribution in [0.25, 0.3) is 11.1 Å². The lowest BCUT2D eigenvalue weighted by Crippen LogP contribution is -2.17. The van der Waals surface area contributed by atoms with Gasteiger partial charge in [-0.3, -0.25) is 9.48 Å². The van der Waals surface area contributed by atoms with E-state index in [1.807, 2.05) is 0 Å². The van der Waals surface area contributed by atoms with Gasteiger partial charge in [-0.25, -0.2) is 4.98 Å². The molecule has 0 aliphatic rings. The van der Waals surface area contributed by atoms with Crippen LogP contribution in [-0.4, -0.2) is 20.7 Å². The summed E-state index contributed by atoms with van der Waals surface area (Å²) in [4.78, 5) is 16.4. The number of amides is 1. The fourth-order valence-corrected chi connectivity index (χ4v) is 2.77. The molecule has 0 radical (unpaired) electrons. The van der Waals surface area contributed by atoms with E-state index in [1.54, 1.807) is 49.6 Å². The lowest BCUT2D eigenvalue weighted by molar-refractivity contribution is 0.101. The number of hydrogen-bond acceptors (Lipinski definition) is 4. The number of nitrogens with one attached hydrogen (secondary N) is 1. The second kappa shape index (κ2) is 6.51. The zero-order chi connectivity index (χ0) is 17.3. The quantitative estimate of drug-likeness (QED) is 0.745. The third-order valence-electron chi connectivity index (χ3n) is 3.44. The highest BCUT2D eigenvalue weighted by molar-refractivity contribution is 6.36. The van der Waals surface area contributed by atoms with Crippen molar-refractivity contribution in [1.29, 1.82) is 0 Å². The maximum atomic E-state index is 12.2. The fraction of sp³-hybridized carbons (Fsp3) is 0.0625. The molecule has 0 atom stereocenters. The summed E-state index contributed by atoms with van der Waals surface area (Å²) in [6.07, 6.45) is 1.54. The first-order valence-electron chi connectivity index (χ1n) is 6.97. The number of nitrogens with zero attached hydrogens (tertiary/aromatic N) is 3. The zero-order valence-electron chi connectivity index (χ0n) is 12.6. The number of benzene rings is 1. The van der Waals surface area contributed by atoms with Gasteiger partial charge >= 0.3 is 0 Å². The molecule has 1 aromatic carbocycles. The molecule has 2 aromatic heterocycles. The summed E-state index contributed by atoms with van der Waals surface area (Å²) in [6, 6.07) is 10.1. The number of hydrogen-bond donors (Lipinski definition) is 2. The lowest BCUT2D eigenvalue weighted by atomic mass is 10.1. The van der Waals surface area contributed by atoms with Gasteiger partial charge in [0.1, 0.15) is 17.3 Å². The molecule has 0 saturated heterocycles. The van der Waals surface area contributed by atoms with Crippen LogP contribution in [0.2, 0.25) is 10.0 Å². The Morgan fingerprint density at radius 2 is 1.92 bits per heavy atom. The van der Waals surface area contributed by atoms with Crippen molar-refractivity contribution >= 4 is 40.7 Å². The van der Waals surface area contributed by atoms with Crippen LogP contribution < -0.4 is 11.1 Å². The number of carbonyl (C=O) groups excluding carboxylic acids is 1. The molecule has 0 saturated carbocycles. The minimum atomic E-state index is -0.320. The van der Waals surface area contributed by atoms with Crippen molar-refractivity contribution in [2.24, 2.45) is 7.05 Å². The molecule has 3 N–H and O–H groups in total. The van der Waals surface area contributed by atoms with E-state index in [2.05, 4.69) is 15.4 Å². The number of rotatable bonds is 3. The van der Waals surface area contributed by atoms with E-state index in [4.69, 9.17) is 28.9 Å². The van der Waals surface area contributed by atoms with Gasteiger partial charge in [-0.05, 0) is 30.3 Å². The Hall–Kier alpha value is -2.57.